The molecule has 2 aromatic carbocycles. The monoisotopic (exact) mass is 395 g/mol. The normalized spacial score (nSPS) is 10.4. The number of aromatic nitrogens is 1. The van der Waals surface area contributed by atoms with Crippen LogP contribution in [0.5, 0.6) is 5.75 Å². The maximum Gasteiger partial charge on any atom is 0.226 e. The van der Waals surface area contributed by atoms with Crippen LogP contribution in [0.1, 0.15) is 18.2 Å². The van der Waals surface area contributed by atoms with Crippen molar-refractivity contribution in [2.75, 3.05) is 12.4 Å². The second kappa shape index (κ2) is 9.14. The largest absolute Gasteiger partial charge is 0.496 e. The number of hydrogen-bond acceptors (Lipinski definition) is 5. The van der Waals surface area contributed by atoms with Crippen LogP contribution in [0.25, 0.3) is 10.6 Å². The van der Waals surface area contributed by atoms with E-state index in [1.807, 2.05) is 53.9 Å². The molecule has 0 bridgehead atoms. The Morgan fingerprint density at radius 1 is 1.11 bits per heavy atom. The van der Waals surface area contributed by atoms with Crippen LogP contribution < -0.4 is 15.4 Å². The molecule has 2 amide bonds. The van der Waals surface area contributed by atoms with Crippen molar-refractivity contribution in [2.24, 2.45) is 0 Å². The van der Waals surface area contributed by atoms with Crippen LogP contribution in [0.2, 0.25) is 0 Å². The van der Waals surface area contributed by atoms with Crippen LogP contribution in [0.15, 0.2) is 53.9 Å². The summed E-state index contributed by atoms with van der Waals surface area (Å²) in [6, 6.07) is 15.1. The molecule has 6 nitrogen and oxygen atoms in total. The lowest BCUT2D eigenvalue weighted by Crippen LogP contribution is -2.24. The van der Waals surface area contributed by atoms with E-state index in [9.17, 15) is 9.59 Å². The van der Waals surface area contributed by atoms with Crippen LogP contribution >= 0.6 is 11.3 Å². The maximum atomic E-state index is 12.3. The number of amides is 2. The number of thiazole rings is 1. The lowest BCUT2D eigenvalue weighted by atomic mass is 10.2. The third-order valence-electron chi connectivity index (χ3n) is 4.01. The molecule has 3 rings (SSSR count). The molecule has 0 saturated carbocycles. The summed E-state index contributed by atoms with van der Waals surface area (Å²) in [5.41, 5.74) is 3.34. The Morgan fingerprint density at radius 2 is 1.86 bits per heavy atom. The summed E-state index contributed by atoms with van der Waals surface area (Å²) in [6.07, 6.45) is 0.218. The lowest BCUT2D eigenvalue weighted by Gasteiger charge is -2.09. The molecule has 28 heavy (non-hydrogen) atoms. The van der Waals surface area contributed by atoms with Crippen LogP contribution in [-0.2, 0) is 22.6 Å². The standard InChI is InChI=1S/C21H21N3O3S/c1-14(25)23-17-9-7-15(8-10-17)21-24-18(13-28-21)11-20(26)22-12-16-5-3-4-6-19(16)27-2/h3-10,13H,11-12H2,1-2H3,(H,22,26)(H,23,25). The fraction of sp³-hybridized carbons (Fsp3) is 0.190. The average molecular weight is 395 g/mol. The SMILES string of the molecule is COc1ccccc1CNC(=O)Cc1csc(-c2ccc(NC(C)=O)cc2)n1. The van der Waals surface area contributed by atoms with Crippen LogP contribution in [0.4, 0.5) is 5.69 Å². The van der Waals surface area contributed by atoms with Gasteiger partial charge in [0.2, 0.25) is 11.8 Å². The predicted octanol–water partition coefficient (Wildman–Crippen LogP) is 3.64. The molecule has 144 valence electrons. The summed E-state index contributed by atoms with van der Waals surface area (Å²) in [5, 5.41) is 8.36. The topological polar surface area (TPSA) is 80.3 Å². The lowest BCUT2D eigenvalue weighted by molar-refractivity contribution is -0.120. The van der Waals surface area contributed by atoms with Gasteiger partial charge >= 0.3 is 0 Å². The van der Waals surface area contributed by atoms with Gasteiger partial charge in [0.1, 0.15) is 10.8 Å². The minimum absolute atomic E-state index is 0.0937. The van der Waals surface area contributed by atoms with Crippen molar-refractivity contribution < 1.29 is 14.3 Å². The zero-order chi connectivity index (χ0) is 19.9. The van der Waals surface area contributed by atoms with E-state index in [4.69, 9.17) is 4.74 Å². The van der Waals surface area contributed by atoms with Gasteiger partial charge in [-0.05, 0) is 30.3 Å². The highest BCUT2D eigenvalue weighted by Gasteiger charge is 2.10. The number of nitrogens with zero attached hydrogens (tertiary/aromatic N) is 1. The van der Waals surface area contributed by atoms with Crippen LogP contribution in [0.3, 0.4) is 0 Å². The fourth-order valence-corrected chi connectivity index (χ4v) is 3.52. The number of carbonyl (C=O) groups excluding carboxylic acids is 2. The Bertz CT molecular complexity index is 967. The van der Waals surface area contributed by atoms with E-state index in [1.165, 1.54) is 18.3 Å². The molecule has 0 unspecified atom stereocenters. The van der Waals surface area contributed by atoms with Crippen molar-refractivity contribution in [3.05, 3.63) is 65.2 Å². The predicted molar refractivity (Wildman–Crippen MR) is 110 cm³/mol. The van der Waals surface area contributed by atoms with E-state index < -0.39 is 0 Å². The van der Waals surface area contributed by atoms with Crippen molar-refractivity contribution in [3.8, 4) is 16.3 Å². The van der Waals surface area contributed by atoms with Crippen molar-refractivity contribution in [1.82, 2.24) is 10.3 Å². The molecule has 0 atom stereocenters. The molecule has 0 aliphatic heterocycles. The third-order valence-corrected chi connectivity index (χ3v) is 4.95. The van der Waals surface area contributed by atoms with Gasteiger partial charge in [0, 0.05) is 35.7 Å². The molecule has 1 aromatic heterocycles. The molecular weight excluding hydrogens is 374 g/mol. The summed E-state index contributed by atoms with van der Waals surface area (Å²) in [6.45, 7) is 1.88. The Kier molecular flexibility index (Phi) is 6.39. The van der Waals surface area contributed by atoms with Gasteiger partial charge in [-0.15, -0.1) is 11.3 Å². The fourth-order valence-electron chi connectivity index (χ4n) is 2.69. The molecule has 0 saturated heterocycles. The van der Waals surface area contributed by atoms with Crippen molar-refractivity contribution in [2.45, 2.75) is 19.9 Å². The number of methoxy groups -OCH3 is 1. The highest BCUT2D eigenvalue weighted by atomic mass is 32.1. The molecule has 0 aliphatic carbocycles. The number of benzene rings is 2. The zero-order valence-corrected chi connectivity index (χ0v) is 16.5. The Morgan fingerprint density at radius 3 is 2.57 bits per heavy atom. The van der Waals surface area contributed by atoms with Gasteiger partial charge in [-0.2, -0.15) is 0 Å². The van der Waals surface area contributed by atoms with Gasteiger partial charge < -0.3 is 15.4 Å². The van der Waals surface area contributed by atoms with Crippen molar-refractivity contribution in [1.29, 1.82) is 0 Å². The van der Waals surface area contributed by atoms with Crippen LogP contribution in [0, 0.1) is 0 Å². The summed E-state index contributed by atoms with van der Waals surface area (Å²) in [7, 11) is 1.61. The maximum absolute atomic E-state index is 12.3. The van der Waals surface area contributed by atoms with E-state index in [1.54, 1.807) is 7.11 Å². The van der Waals surface area contributed by atoms with E-state index in [0.717, 1.165) is 33.3 Å². The highest BCUT2D eigenvalue weighted by Crippen LogP contribution is 2.25. The van der Waals surface area contributed by atoms with E-state index in [2.05, 4.69) is 15.6 Å². The molecule has 0 radical (unpaired) electrons. The quantitative estimate of drug-likeness (QED) is 0.640. The van der Waals surface area contributed by atoms with Gasteiger partial charge in [-0.3, -0.25) is 9.59 Å². The van der Waals surface area contributed by atoms with Crippen LogP contribution in [-0.4, -0.2) is 23.9 Å². The second-order valence-electron chi connectivity index (χ2n) is 6.17. The first-order chi connectivity index (χ1) is 13.5. The third kappa shape index (κ3) is 5.17. The summed E-state index contributed by atoms with van der Waals surface area (Å²) in [5.74, 6) is 0.550. The van der Waals surface area contributed by atoms with Crippen molar-refractivity contribution >= 4 is 28.8 Å². The molecule has 0 fully saturated rings. The first kappa shape index (κ1) is 19.6. The summed E-state index contributed by atoms with van der Waals surface area (Å²) in [4.78, 5) is 27.9. The number of para-hydroxylation sites is 1. The molecule has 0 spiro atoms. The molecule has 7 heteroatoms. The molecule has 1 heterocycles. The van der Waals surface area contributed by atoms with Gasteiger partial charge in [-0.25, -0.2) is 4.98 Å². The smallest absolute Gasteiger partial charge is 0.226 e. The number of rotatable bonds is 7. The Labute approximate surface area is 167 Å². The first-order valence-electron chi connectivity index (χ1n) is 8.76. The van der Waals surface area contributed by atoms with Gasteiger partial charge in [0.15, 0.2) is 0 Å². The molecule has 0 aliphatic rings. The minimum Gasteiger partial charge on any atom is -0.496 e. The number of carbonyl (C=O) groups is 2. The van der Waals surface area contributed by atoms with E-state index in [-0.39, 0.29) is 18.2 Å². The number of ether oxygens (including phenoxy) is 1. The molecule has 3 aromatic rings. The Hall–Kier alpha value is -3.19. The zero-order valence-electron chi connectivity index (χ0n) is 15.7. The second-order valence-corrected chi connectivity index (χ2v) is 7.03. The first-order valence-corrected chi connectivity index (χ1v) is 9.64. The number of anilines is 1. The average Bonchev–Trinajstić information content (AvgIpc) is 3.15. The summed E-state index contributed by atoms with van der Waals surface area (Å²) < 4.78 is 5.29. The summed E-state index contributed by atoms with van der Waals surface area (Å²) >= 11 is 1.49. The van der Waals surface area contributed by atoms with Gasteiger partial charge in [0.05, 0.1) is 19.2 Å². The minimum atomic E-state index is -0.108. The van der Waals surface area contributed by atoms with E-state index in [0.29, 0.717) is 6.54 Å². The Balaban J connectivity index is 1.58. The number of nitrogens with one attached hydrogen (secondary N) is 2. The van der Waals surface area contributed by atoms with E-state index >= 15 is 0 Å². The molecular formula is C21H21N3O3S. The van der Waals surface area contributed by atoms with Gasteiger partial charge in [-0.1, -0.05) is 18.2 Å². The van der Waals surface area contributed by atoms with Gasteiger partial charge in [0.25, 0.3) is 0 Å². The number of hydrogen-bond donors (Lipinski definition) is 2. The highest BCUT2D eigenvalue weighted by molar-refractivity contribution is 7.13. The van der Waals surface area contributed by atoms with Crippen molar-refractivity contribution in [3.63, 3.8) is 0 Å². The molecule has 2 N–H and O–H groups in total.